The third-order valence-electron chi connectivity index (χ3n) is 3.45. The van der Waals surface area contributed by atoms with Crippen molar-refractivity contribution in [2.75, 3.05) is 0 Å². The van der Waals surface area contributed by atoms with E-state index in [0.29, 0.717) is 5.39 Å². The van der Waals surface area contributed by atoms with Crippen molar-refractivity contribution >= 4 is 16.5 Å². The molecule has 0 saturated carbocycles. The van der Waals surface area contributed by atoms with Crippen LogP contribution in [0.15, 0.2) is 30.6 Å². The van der Waals surface area contributed by atoms with Gasteiger partial charge in [0.2, 0.25) is 0 Å². The maximum absolute atomic E-state index is 11.0. The predicted molar refractivity (Wildman–Crippen MR) is 73.1 cm³/mol. The number of benzene rings is 1. The molecule has 1 N–H and O–H groups in total. The summed E-state index contributed by atoms with van der Waals surface area (Å²) >= 11 is 0. The smallest absolute Gasteiger partial charge is 0.278 e. The van der Waals surface area contributed by atoms with Crippen LogP contribution in [-0.4, -0.2) is 21.1 Å². The number of non-ortho nitro benzene ring substituents is 1. The lowest BCUT2D eigenvalue weighted by atomic mass is 9.88. The van der Waals surface area contributed by atoms with Crippen LogP contribution in [-0.2, 0) is 0 Å². The summed E-state index contributed by atoms with van der Waals surface area (Å²) < 4.78 is 0. The number of aliphatic hydroxyl groups is 1. The van der Waals surface area contributed by atoms with Gasteiger partial charge in [-0.3, -0.25) is 15.1 Å². The summed E-state index contributed by atoms with van der Waals surface area (Å²) in [5, 5.41) is 22.2. The zero-order chi connectivity index (χ0) is 14.0. The number of nitro benzene ring substituents is 1. The second-order valence-electron chi connectivity index (χ2n) is 4.61. The average Bonchev–Trinajstić information content (AvgIpc) is 2.39. The molecule has 0 spiro atoms. The number of aliphatic hydroxyl groups excluding tert-OH is 1. The number of pyridine rings is 1. The lowest BCUT2D eigenvalue weighted by Gasteiger charge is -2.20. The Hall–Kier alpha value is -2.01. The lowest BCUT2D eigenvalue weighted by Crippen LogP contribution is -2.14. The van der Waals surface area contributed by atoms with E-state index in [9.17, 15) is 15.2 Å². The van der Waals surface area contributed by atoms with Gasteiger partial charge in [0.15, 0.2) is 0 Å². The minimum absolute atomic E-state index is 0.0364. The van der Waals surface area contributed by atoms with Gasteiger partial charge in [-0.05, 0) is 30.4 Å². The summed E-state index contributed by atoms with van der Waals surface area (Å²) in [4.78, 5) is 14.6. The first kappa shape index (κ1) is 13.4. The number of nitro groups is 1. The molecule has 5 nitrogen and oxygen atoms in total. The predicted octanol–water partition coefficient (Wildman–Crippen LogP) is 3.02. The molecule has 1 aromatic carbocycles. The Morgan fingerprint density at radius 2 is 2.11 bits per heavy atom. The molecule has 100 valence electrons. The van der Waals surface area contributed by atoms with Crippen molar-refractivity contribution < 1.29 is 10.0 Å². The van der Waals surface area contributed by atoms with Crippen LogP contribution in [0.5, 0.6) is 0 Å². The molecule has 0 aliphatic rings. The molecule has 0 bridgehead atoms. The standard InChI is InChI=1S/C14H16N2O3/c1-3-10(9(2)17)11-4-5-14(16(18)19)13-8-15-7-6-12(11)13/h4-10,17H,3H2,1-2H3. The van der Waals surface area contributed by atoms with Crippen molar-refractivity contribution in [3.05, 3.63) is 46.3 Å². The summed E-state index contributed by atoms with van der Waals surface area (Å²) in [5.41, 5.74) is 0.979. The average molecular weight is 260 g/mol. The van der Waals surface area contributed by atoms with E-state index in [1.165, 1.54) is 12.3 Å². The highest BCUT2D eigenvalue weighted by Gasteiger charge is 2.21. The molecule has 1 heterocycles. The molecule has 5 heteroatoms. The van der Waals surface area contributed by atoms with E-state index in [0.717, 1.165) is 17.4 Å². The Balaban J connectivity index is 2.71. The molecule has 2 atom stereocenters. The Morgan fingerprint density at radius 3 is 2.68 bits per heavy atom. The lowest BCUT2D eigenvalue weighted by molar-refractivity contribution is -0.383. The third kappa shape index (κ3) is 2.42. The number of hydrogen-bond acceptors (Lipinski definition) is 4. The van der Waals surface area contributed by atoms with Crippen LogP contribution in [0, 0.1) is 10.1 Å². The van der Waals surface area contributed by atoms with Crippen molar-refractivity contribution in [3.8, 4) is 0 Å². The molecular weight excluding hydrogens is 244 g/mol. The van der Waals surface area contributed by atoms with Crippen LogP contribution in [0.2, 0.25) is 0 Å². The molecule has 0 aliphatic heterocycles. The highest BCUT2D eigenvalue weighted by molar-refractivity contribution is 5.92. The molecule has 2 rings (SSSR count). The second-order valence-corrected chi connectivity index (χ2v) is 4.61. The number of aromatic nitrogens is 1. The van der Waals surface area contributed by atoms with Gasteiger partial charge in [-0.15, -0.1) is 0 Å². The Kier molecular flexibility index (Phi) is 3.76. The SMILES string of the molecule is CCC(c1ccc([N+](=O)[O-])c2cnccc12)C(C)O. The molecule has 0 fully saturated rings. The fourth-order valence-electron chi connectivity index (χ4n) is 2.50. The van der Waals surface area contributed by atoms with Gasteiger partial charge in [0.1, 0.15) is 0 Å². The highest BCUT2D eigenvalue weighted by atomic mass is 16.6. The summed E-state index contributed by atoms with van der Waals surface area (Å²) in [6.07, 6.45) is 3.39. The molecule has 2 aromatic rings. The summed E-state index contributed by atoms with van der Waals surface area (Å²) in [6.45, 7) is 3.73. The minimum Gasteiger partial charge on any atom is -0.393 e. The van der Waals surface area contributed by atoms with Crippen molar-refractivity contribution in [1.82, 2.24) is 4.98 Å². The molecule has 1 aromatic heterocycles. The van der Waals surface area contributed by atoms with Crippen LogP contribution in [0.25, 0.3) is 10.8 Å². The maximum atomic E-state index is 11.0. The van der Waals surface area contributed by atoms with Gasteiger partial charge in [-0.1, -0.05) is 13.0 Å². The van der Waals surface area contributed by atoms with Crippen LogP contribution in [0.3, 0.4) is 0 Å². The van der Waals surface area contributed by atoms with Gasteiger partial charge >= 0.3 is 0 Å². The fourth-order valence-corrected chi connectivity index (χ4v) is 2.50. The molecule has 0 saturated heterocycles. The number of rotatable bonds is 4. The van der Waals surface area contributed by atoms with Crippen molar-refractivity contribution in [1.29, 1.82) is 0 Å². The Morgan fingerprint density at radius 1 is 1.37 bits per heavy atom. The molecule has 0 amide bonds. The van der Waals surface area contributed by atoms with Crippen molar-refractivity contribution in [2.24, 2.45) is 0 Å². The van der Waals surface area contributed by atoms with E-state index < -0.39 is 11.0 Å². The van der Waals surface area contributed by atoms with Gasteiger partial charge in [0.05, 0.1) is 16.4 Å². The highest BCUT2D eigenvalue weighted by Crippen LogP contribution is 2.34. The number of nitrogens with zero attached hydrogens (tertiary/aromatic N) is 2. The Bertz CT molecular complexity index is 611. The summed E-state index contributed by atoms with van der Waals surface area (Å²) in [7, 11) is 0. The van der Waals surface area contributed by atoms with E-state index in [4.69, 9.17) is 0 Å². The molecule has 19 heavy (non-hydrogen) atoms. The zero-order valence-corrected chi connectivity index (χ0v) is 10.9. The molecule has 2 unspecified atom stereocenters. The molecular formula is C14H16N2O3. The quantitative estimate of drug-likeness (QED) is 0.677. The number of hydrogen-bond donors (Lipinski definition) is 1. The summed E-state index contributed by atoms with van der Waals surface area (Å²) in [5.74, 6) is -0.0364. The van der Waals surface area contributed by atoms with E-state index in [1.807, 2.05) is 6.92 Å². The van der Waals surface area contributed by atoms with Crippen LogP contribution in [0.1, 0.15) is 31.7 Å². The van der Waals surface area contributed by atoms with Crippen LogP contribution < -0.4 is 0 Å². The third-order valence-corrected chi connectivity index (χ3v) is 3.45. The zero-order valence-electron chi connectivity index (χ0n) is 10.9. The molecule has 0 aliphatic carbocycles. The van der Waals surface area contributed by atoms with Crippen molar-refractivity contribution in [2.45, 2.75) is 32.3 Å². The van der Waals surface area contributed by atoms with Gasteiger partial charge < -0.3 is 5.11 Å². The van der Waals surface area contributed by atoms with Gasteiger partial charge in [0, 0.05) is 24.4 Å². The van der Waals surface area contributed by atoms with E-state index >= 15 is 0 Å². The van der Waals surface area contributed by atoms with Crippen LogP contribution >= 0.6 is 0 Å². The largest absolute Gasteiger partial charge is 0.393 e. The van der Waals surface area contributed by atoms with E-state index in [2.05, 4.69) is 4.98 Å². The number of fused-ring (bicyclic) bond motifs is 1. The van der Waals surface area contributed by atoms with Crippen molar-refractivity contribution in [3.63, 3.8) is 0 Å². The topological polar surface area (TPSA) is 76.3 Å². The van der Waals surface area contributed by atoms with E-state index in [1.54, 1.807) is 25.3 Å². The van der Waals surface area contributed by atoms with Gasteiger partial charge in [-0.25, -0.2) is 0 Å². The maximum Gasteiger partial charge on any atom is 0.278 e. The Labute approximate surface area is 111 Å². The normalized spacial score (nSPS) is 14.3. The fraction of sp³-hybridized carbons (Fsp3) is 0.357. The van der Waals surface area contributed by atoms with E-state index in [-0.39, 0.29) is 11.6 Å². The van der Waals surface area contributed by atoms with Gasteiger partial charge in [0.25, 0.3) is 5.69 Å². The monoisotopic (exact) mass is 260 g/mol. The molecule has 0 radical (unpaired) electrons. The summed E-state index contributed by atoms with van der Waals surface area (Å²) in [6, 6.07) is 4.99. The first-order chi connectivity index (χ1) is 9.06. The second kappa shape index (κ2) is 5.32. The first-order valence-corrected chi connectivity index (χ1v) is 6.25. The first-order valence-electron chi connectivity index (χ1n) is 6.25. The van der Waals surface area contributed by atoms with Crippen LogP contribution in [0.4, 0.5) is 5.69 Å². The minimum atomic E-state index is -0.497. The van der Waals surface area contributed by atoms with Gasteiger partial charge in [-0.2, -0.15) is 0 Å².